The molecule has 0 aliphatic rings. The zero-order valence-corrected chi connectivity index (χ0v) is 17.4. The Hall–Kier alpha value is -1.19. The van der Waals surface area contributed by atoms with Crippen LogP contribution < -0.4 is 5.19 Å². The highest BCUT2D eigenvalue weighted by Crippen LogP contribution is 2.36. The fraction of sp³-hybridized carbons (Fsp3) is 0.429. The van der Waals surface area contributed by atoms with Crippen LogP contribution in [0.3, 0.4) is 0 Å². The lowest BCUT2D eigenvalue weighted by Crippen LogP contribution is -2.20. The van der Waals surface area contributed by atoms with E-state index in [1.54, 1.807) is 0 Å². The minimum atomic E-state index is 0.340. The summed E-state index contributed by atoms with van der Waals surface area (Å²) in [7, 11) is 0.804. The van der Waals surface area contributed by atoms with E-state index in [2.05, 4.69) is 65.8 Å². The van der Waals surface area contributed by atoms with Gasteiger partial charge in [0.1, 0.15) is 5.75 Å². The number of rotatable bonds is 6. The zero-order valence-electron chi connectivity index (χ0n) is 15.6. The topological polar surface area (TPSA) is 20.2 Å². The summed E-state index contributed by atoms with van der Waals surface area (Å²) in [5, 5.41) is 12.9. The van der Waals surface area contributed by atoms with Crippen LogP contribution in [0.25, 0.3) is 0 Å². The highest BCUT2D eigenvalue weighted by atomic mass is 32.2. The Kier molecular flexibility index (Phi) is 6.59. The highest BCUT2D eigenvalue weighted by Gasteiger charge is 2.15. The maximum absolute atomic E-state index is 10.3. The molecular formula is C21H28OSSi. The first-order valence-electron chi connectivity index (χ1n) is 8.61. The second kappa shape index (κ2) is 8.26. The van der Waals surface area contributed by atoms with E-state index in [1.165, 1.54) is 26.8 Å². The highest BCUT2D eigenvalue weighted by molar-refractivity contribution is 8.00. The maximum atomic E-state index is 10.3. The molecule has 0 spiro atoms. The van der Waals surface area contributed by atoms with Crippen molar-refractivity contribution in [1.29, 1.82) is 0 Å². The molecule has 2 radical (unpaired) electrons. The molecule has 0 aliphatic heterocycles. The monoisotopic (exact) mass is 356 g/mol. The Balaban J connectivity index is 2.19. The van der Waals surface area contributed by atoms with Crippen molar-refractivity contribution in [3.63, 3.8) is 0 Å². The Morgan fingerprint density at radius 1 is 1.00 bits per heavy atom. The van der Waals surface area contributed by atoms with Crippen molar-refractivity contribution in [1.82, 2.24) is 0 Å². The molecule has 0 saturated carbocycles. The molecule has 0 bridgehead atoms. The molecule has 0 unspecified atom stereocenters. The van der Waals surface area contributed by atoms with E-state index in [4.69, 9.17) is 0 Å². The molecule has 1 N–H and O–H groups in total. The molecule has 3 heteroatoms. The number of phenols is 1. The quantitative estimate of drug-likeness (QED) is 0.557. The summed E-state index contributed by atoms with van der Waals surface area (Å²) in [6, 6.07) is 10.8. The standard InChI is InChI=1S/C21H28OSSi/c1-13(2)17-11-20(18(14(3)4)10-19(17)22)23-12-24-21-9-7-8-15(5)16(21)6/h7-11,13-14,22H,12H2,1-6H3. The molecule has 2 rings (SSSR count). The van der Waals surface area contributed by atoms with Crippen molar-refractivity contribution in [3.05, 3.63) is 52.6 Å². The number of phenolic OH excluding ortho intramolecular Hbond substituents is 1. The molecule has 0 saturated heterocycles. The molecule has 2 aromatic carbocycles. The molecule has 128 valence electrons. The largest absolute Gasteiger partial charge is 0.508 e. The predicted octanol–water partition coefficient (Wildman–Crippen LogP) is 5.34. The minimum Gasteiger partial charge on any atom is -0.508 e. The summed E-state index contributed by atoms with van der Waals surface area (Å²) in [5.41, 5.74) is 5.11. The molecule has 1 nitrogen and oxygen atoms in total. The molecule has 2 aromatic rings. The lowest BCUT2D eigenvalue weighted by atomic mass is 9.96. The van der Waals surface area contributed by atoms with Gasteiger partial charge >= 0.3 is 0 Å². The first-order chi connectivity index (χ1) is 11.3. The Morgan fingerprint density at radius 2 is 1.67 bits per heavy atom. The van der Waals surface area contributed by atoms with Gasteiger partial charge in [-0.05, 0) is 65.4 Å². The number of hydrogen-bond donors (Lipinski definition) is 1. The first kappa shape index (κ1) is 19.1. The van der Waals surface area contributed by atoms with E-state index >= 15 is 0 Å². The van der Waals surface area contributed by atoms with Crippen molar-refractivity contribution in [2.24, 2.45) is 0 Å². The number of hydrogen-bond acceptors (Lipinski definition) is 2. The summed E-state index contributed by atoms with van der Waals surface area (Å²) in [5.74, 6) is 1.20. The lowest BCUT2D eigenvalue weighted by Gasteiger charge is -2.17. The van der Waals surface area contributed by atoms with Crippen LogP contribution in [0.5, 0.6) is 5.75 Å². The third-order valence-electron chi connectivity index (χ3n) is 4.50. The number of benzene rings is 2. The van der Waals surface area contributed by atoms with Crippen LogP contribution in [-0.2, 0) is 0 Å². The van der Waals surface area contributed by atoms with E-state index in [1.807, 2.05) is 17.8 Å². The van der Waals surface area contributed by atoms with Gasteiger partial charge in [-0.15, -0.1) is 11.8 Å². The van der Waals surface area contributed by atoms with Gasteiger partial charge < -0.3 is 5.11 Å². The van der Waals surface area contributed by atoms with Crippen molar-refractivity contribution in [3.8, 4) is 5.75 Å². The van der Waals surface area contributed by atoms with Gasteiger partial charge in [-0.3, -0.25) is 0 Å². The second-order valence-electron chi connectivity index (χ2n) is 6.97. The number of thioether (sulfide) groups is 1. The first-order valence-corrected chi connectivity index (χ1v) is 10.8. The molecule has 0 atom stereocenters. The average Bonchev–Trinajstić information content (AvgIpc) is 2.52. The van der Waals surface area contributed by atoms with E-state index in [9.17, 15) is 5.11 Å². The Morgan fingerprint density at radius 3 is 2.29 bits per heavy atom. The smallest absolute Gasteiger partial charge is 0.119 e. The summed E-state index contributed by atoms with van der Waals surface area (Å²) >= 11 is 1.93. The third kappa shape index (κ3) is 4.45. The Bertz CT molecular complexity index is 707. The summed E-state index contributed by atoms with van der Waals surface area (Å²) < 4.78 is 0. The fourth-order valence-corrected chi connectivity index (χ4v) is 5.65. The van der Waals surface area contributed by atoms with Gasteiger partial charge in [0.05, 0.1) is 9.52 Å². The molecule has 0 amide bonds. The number of aromatic hydroxyl groups is 1. The van der Waals surface area contributed by atoms with Gasteiger partial charge in [-0.2, -0.15) is 0 Å². The molecular weight excluding hydrogens is 328 g/mol. The van der Waals surface area contributed by atoms with Gasteiger partial charge in [0.2, 0.25) is 0 Å². The summed E-state index contributed by atoms with van der Waals surface area (Å²) in [6.45, 7) is 13.1. The van der Waals surface area contributed by atoms with Crippen LogP contribution in [0.15, 0.2) is 35.2 Å². The van der Waals surface area contributed by atoms with E-state index in [-0.39, 0.29) is 0 Å². The van der Waals surface area contributed by atoms with Crippen molar-refractivity contribution in [2.75, 3.05) is 5.38 Å². The molecule has 0 aromatic heterocycles. The third-order valence-corrected chi connectivity index (χ3v) is 7.24. The van der Waals surface area contributed by atoms with Crippen LogP contribution >= 0.6 is 11.8 Å². The second-order valence-corrected chi connectivity index (χ2v) is 9.75. The van der Waals surface area contributed by atoms with Gasteiger partial charge in [0.15, 0.2) is 0 Å². The summed E-state index contributed by atoms with van der Waals surface area (Å²) in [4.78, 5) is 1.32. The van der Waals surface area contributed by atoms with E-state index in [0.29, 0.717) is 17.6 Å². The van der Waals surface area contributed by atoms with Gasteiger partial charge in [-0.1, -0.05) is 51.1 Å². The fourth-order valence-electron chi connectivity index (χ4n) is 2.77. The molecule has 0 aliphatic carbocycles. The summed E-state index contributed by atoms with van der Waals surface area (Å²) in [6.07, 6.45) is 0. The average molecular weight is 357 g/mol. The van der Waals surface area contributed by atoms with Crippen molar-refractivity contribution in [2.45, 2.75) is 58.3 Å². The van der Waals surface area contributed by atoms with E-state index < -0.39 is 0 Å². The Labute approximate surface area is 153 Å². The van der Waals surface area contributed by atoms with Crippen LogP contribution in [0.1, 0.15) is 61.8 Å². The van der Waals surface area contributed by atoms with Gasteiger partial charge in [0, 0.05) is 4.90 Å². The van der Waals surface area contributed by atoms with Gasteiger partial charge in [0.25, 0.3) is 0 Å². The van der Waals surface area contributed by atoms with E-state index in [0.717, 1.165) is 20.5 Å². The minimum absolute atomic E-state index is 0.340. The molecule has 0 fully saturated rings. The molecule has 24 heavy (non-hydrogen) atoms. The SMILES string of the molecule is Cc1cccc([Si]CSc2cc(C(C)C)c(O)cc2C(C)C)c1C. The van der Waals surface area contributed by atoms with Crippen LogP contribution in [-0.4, -0.2) is 20.0 Å². The van der Waals surface area contributed by atoms with Crippen LogP contribution in [0.4, 0.5) is 0 Å². The normalized spacial score (nSPS) is 11.5. The van der Waals surface area contributed by atoms with Gasteiger partial charge in [-0.25, -0.2) is 0 Å². The molecule has 0 heterocycles. The van der Waals surface area contributed by atoms with Crippen molar-refractivity contribution >= 4 is 26.5 Å². The van der Waals surface area contributed by atoms with Crippen molar-refractivity contribution < 1.29 is 5.11 Å². The lowest BCUT2D eigenvalue weighted by molar-refractivity contribution is 0.462. The van der Waals surface area contributed by atoms with Crippen LogP contribution in [0.2, 0.25) is 0 Å². The predicted molar refractivity (Wildman–Crippen MR) is 108 cm³/mol. The van der Waals surface area contributed by atoms with Crippen LogP contribution in [0, 0.1) is 13.8 Å². The number of aryl methyl sites for hydroxylation is 1. The zero-order chi connectivity index (χ0) is 17.9. The maximum Gasteiger partial charge on any atom is 0.119 e.